The molecule has 2 amide bonds. The van der Waals surface area contributed by atoms with Crippen molar-refractivity contribution in [1.29, 1.82) is 0 Å². The van der Waals surface area contributed by atoms with E-state index in [0.29, 0.717) is 22.7 Å². The number of fused-ring (bicyclic) bond motifs is 1. The molecule has 4 N–H and O–H groups in total. The quantitative estimate of drug-likeness (QED) is 0.695. The molecule has 8 heteroatoms. The van der Waals surface area contributed by atoms with Crippen LogP contribution in [0.3, 0.4) is 0 Å². The summed E-state index contributed by atoms with van der Waals surface area (Å²) in [5.41, 5.74) is 7.50. The SMILES string of the molecule is COCc1nc2cc(NC(=O)CNC(=O)[C@@H](N)C(C)C)ccc2o1. The van der Waals surface area contributed by atoms with Crippen LogP contribution in [0.2, 0.25) is 0 Å². The first-order valence-corrected chi connectivity index (χ1v) is 7.62. The molecule has 0 saturated carbocycles. The van der Waals surface area contributed by atoms with E-state index in [1.54, 1.807) is 25.3 Å². The van der Waals surface area contributed by atoms with Crippen molar-refractivity contribution in [1.82, 2.24) is 10.3 Å². The zero-order chi connectivity index (χ0) is 17.7. The summed E-state index contributed by atoms with van der Waals surface area (Å²) < 4.78 is 10.4. The van der Waals surface area contributed by atoms with Gasteiger partial charge in [-0.05, 0) is 24.1 Å². The number of methoxy groups -OCH3 is 1. The van der Waals surface area contributed by atoms with Gasteiger partial charge in [-0.1, -0.05) is 13.8 Å². The van der Waals surface area contributed by atoms with Gasteiger partial charge in [0.15, 0.2) is 5.58 Å². The zero-order valence-corrected chi connectivity index (χ0v) is 14.0. The highest BCUT2D eigenvalue weighted by Crippen LogP contribution is 2.20. The van der Waals surface area contributed by atoms with Crippen LogP contribution in [0.4, 0.5) is 5.69 Å². The fourth-order valence-corrected chi connectivity index (χ4v) is 2.03. The molecule has 1 atom stereocenters. The number of hydrogen-bond acceptors (Lipinski definition) is 6. The molecule has 0 fully saturated rings. The van der Waals surface area contributed by atoms with Gasteiger partial charge in [0.1, 0.15) is 12.1 Å². The number of nitrogens with two attached hydrogens (primary N) is 1. The summed E-state index contributed by atoms with van der Waals surface area (Å²) in [6.07, 6.45) is 0. The maximum atomic E-state index is 11.9. The Morgan fingerprint density at radius 3 is 2.79 bits per heavy atom. The van der Waals surface area contributed by atoms with Crippen molar-refractivity contribution in [2.75, 3.05) is 19.0 Å². The van der Waals surface area contributed by atoms with E-state index in [1.807, 2.05) is 13.8 Å². The number of aromatic nitrogens is 1. The van der Waals surface area contributed by atoms with Crippen LogP contribution in [-0.2, 0) is 20.9 Å². The molecule has 24 heavy (non-hydrogen) atoms. The Morgan fingerprint density at radius 1 is 1.38 bits per heavy atom. The van der Waals surface area contributed by atoms with Crippen molar-refractivity contribution in [3.8, 4) is 0 Å². The number of nitrogens with zero attached hydrogens (tertiary/aromatic N) is 1. The van der Waals surface area contributed by atoms with Gasteiger partial charge in [0.2, 0.25) is 17.7 Å². The maximum absolute atomic E-state index is 11.9. The third kappa shape index (κ3) is 4.53. The summed E-state index contributed by atoms with van der Waals surface area (Å²) in [6.45, 7) is 3.81. The molecule has 0 spiro atoms. The lowest BCUT2D eigenvalue weighted by Gasteiger charge is -2.15. The predicted octanol–water partition coefficient (Wildman–Crippen LogP) is 1.01. The normalized spacial score (nSPS) is 12.4. The number of amides is 2. The Hall–Kier alpha value is -2.45. The van der Waals surface area contributed by atoms with Crippen molar-refractivity contribution in [2.45, 2.75) is 26.5 Å². The molecule has 0 unspecified atom stereocenters. The second-order valence-electron chi connectivity index (χ2n) is 5.76. The zero-order valence-electron chi connectivity index (χ0n) is 14.0. The molecule has 1 aromatic carbocycles. The lowest BCUT2D eigenvalue weighted by molar-refractivity contribution is -0.125. The van der Waals surface area contributed by atoms with Crippen LogP contribution in [0, 0.1) is 5.92 Å². The van der Waals surface area contributed by atoms with Crippen molar-refractivity contribution < 1.29 is 18.7 Å². The molecule has 0 aliphatic heterocycles. The lowest BCUT2D eigenvalue weighted by atomic mass is 10.1. The van der Waals surface area contributed by atoms with E-state index in [-0.39, 0.29) is 30.9 Å². The number of carbonyl (C=O) groups excluding carboxylic acids is 2. The molecule has 8 nitrogen and oxygen atoms in total. The van der Waals surface area contributed by atoms with Gasteiger partial charge in [-0.2, -0.15) is 0 Å². The highest BCUT2D eigenvalue weighted by molar-refractivity contribution is 5.96. The summed E-state index contributed by atoms with van der Waals surface area (Å²) in [7, 11) is 1.56. The first kappa shape index (κ1) is 17.9. The minimum Gasteiger partial charge on any atom is -0.438 e. The molecule has 130 valence electrons. The van der Waals surface area contributed by atoms with Crippen molar-refractivity contribution in [3.05, 3.63) is 24.1 Å². The van der Waals surface area contributed by atoms with Gasteiger partial charge in [-0.3, -0.25) is 9.59 Å². The highest BCUT2D eigenvalue weighted by atomic mass is 16.5. The predicted molar refractivity (Wildman–Crippen MR) is 89.2 cm³/mol. The molecule has 2 rings (SSSR count). The summed E-state index contributed by atoms with van der Waals surface area (Å²) in [5.74, 6) is -0.231. The Labute approximate surface area is 139 Å². The molecular weight excluding hydrogens is 312 g/mol. The van der Waals surface area contributed by atoms with Gasteiger partial charge >= 0.3 is 0 Å². The minimum atomic E-state index is -0.636. The van der Waals surface area contributed by atoms with Crippen LogP contribution in [0.15, 0.2) is 22.6 Å². The van der Waals surface area contributed by atoms with Gasteiger partial charge in [0.05, 0.1) is 12.6 Å². The molecule has 2 aromatic rings. The van der Waals surface area contributed by atoms with Crippen LogP contribution >= 0.6 is 0 Å². The van der Waals surface area contributed by atoms with Crippen LogP contribution < -0.4 is 16.4 Å². The van der Waals surface area contributed by atoms with Crippen LogP contribution in [0.5, 0.6) is 0 Å². The molecule has 0 aliphatic carbocycles. The minimum absolute atomic E-state index is 0.00364. The molecular formula is C16H22N4O4. The van der Waals surface area contributed by atoms with Gasteiger partial charge in [0.25, 0.3) is 0 Å². The molecule has 0 bridgehead atoms. The standard InChI is InChI=1S/C16H22N4O4/c1-9(2)15(17)16(22)18-7-13(21)19-10-4-5-12-11(6-10)20-14(24-12)8-23-3/h4-6,9,15H,7-8,17H2,1-3H3,(H,18,22)(H,19,21)/t15-/m0/s1. The summed E-state index contributed by atoms with van der Waals surface area (Å²) >= 11 is 0. The Bertz CT molecular complexity index is 726. The van der Waals surface area contributed by atoms with E-state index in [0.717, 1.165) is 0 Å². The topological polar surface area (TPSA) is 119 Å². The second-order valence-corrected chi connectivity index (χ2v) is 5.76. The smallest absolute Gasteiger partial charge is 0.243 e. The van der Waals surface area contributed by atoms with E-state index in [1.165, 1.54) is 0 Å². The summed E-state index contributed by atoms with van der Waals surface area (Å²) in [6, 6.07) is 4.47. The molecule has 0 radical (unpaired) electrons. The van der Waals surface area contributed by atoms with Gasteiger partial charge in [-0.25, -0.2) is 4.98 Å². The van der Waals surface area contributed by atoms with Crippen LogP contribution in [0.25, 0.3) is 11.1 Å². The first-order valence-electron chi connectivity index (χ1n) is 7.62. The second kappa shape index (κ2) is 7.89. The average molecular weight is 334 g/mol. The molecule has 1 heterocycles. The number of anilines is 1. The van der Waals surface area contributed by atoms with E-state index >= 15 is 0 Å². The average Bonchev–Trinajstić information content (AvgIpc) is 2.93. The number of nitrogens with one attached hydrogen (secondary N) is 2. The monoisotopic (exact) mass is 334 g/mol. The summed E-state index contributed by atoms with van der Waals surface area (Å²) in [4.78, 5) is 27.9. The van der Waals surface area contributed by atoms with E-state index in [4.69, 9.17) is 14.9 Å². The fraction of sp³-hybridized carbons (Fsp3) is 0.438. The third-order valence-electron chi connectivity index (χ3n) is 3.43. The maximum Gasteiger partial charge on any atom is 0.243 e. The van der Waals surface area contributed by atoms with Crippen molar-refractivity contribution in [2.24, 2.45) is 11.7 Å². The van der Waals surface area contributed by atoms with Gasteiger partial charge in [0, 0.05) is 12.8 Å². The number of hydrogen-bond donors (Lipinski definition) is 3. The molecule has 0 saturated heterocycles. The van der Waals surface area contributed by atoms with Crippen LogP contribution in [0.1, 0.15) is 19.7 Å². The number of rotatable bonds is 7. The largest absolute Gasteiger partial charge is 0.438 e. The highest BCUT2D eigenvalue weighted by Gasteiger charge is 2.17. The lowest BCUT2D eigenvalue weighted by Crippen LogP contribution is -2.46. The number of benzene rings is 1. The Balaban J connectivity index is 1.94. The van der Waals surface area contributed by atoms with Crippen molar-refractivity contribution in [3.63, 3.8) is 0 Å². The Morgan fingerprint density at radius 2 is 2.12 bits per heavy atom. The van der Waals surface area contributed by atoms with E-state index in [2.05, 4.69) is 15.6 Å². The van der Waals surface area contributed by atoms with E-state index in [9.17, 15) is 9.59 Å². The van der Waals surface area contributed by atoms with E-state index < -0.39 is 6.04 Å². The fourth-order valence-electron chi connectivity index (χ4n) is 2.03. The van der Waals surface area contributed by atoms with Gasteiger partial charge < -0.3 is 25.5 Å². The van der Waals surface area contributed by atoms with Crippen molar-refractivity contribution >= 4 is 28.6 Å². The van der Waals surface area contributed by atoms with Gasteiger partial charge in [-0.15, -0.1) is 0 Å². The third-order valence-corrected chi connectivity index (χ3v) is 3.43. The number of carbonyl (C=O) groups is 2. The molecule has 1 aromatic heterocycles. The number of oxazole rings is 1. The first-order chi connectivity index (χ1) is 11.4. The Kier molecular flexibility index (Phi) is 5.88. The summed E-state index contributed by atoms with van der Waals surface area (Å²) in [5, 5.41) is 5.21. The molecule has 0 aliphatic rings. The van der Waals surface area contributed by atoms with Crippen LogP contribution in [-0.4, -0.2) is 36.5 Å². The number of ether oxygens (including phenoxy) is 1.